The van der Waals surface area contributed by atoms with E-state index in [0.29, 0.717) is 18.4 Å². The van der Waals surface area contributed by atoms with Gasteiger partial charge in [-0.25, -0.2) is 9.78 Å². The number of benzene rings is 1. The van der Waals surface area contributed by atoms with Gasteiger partial charge >= 0.3 is 6.03 Å². The fraction of sp³-hybridized carbons (Fsp3) is 0.474. The van der Waals surface area contributed by atoms with Crippen LogP contribution in [0.4, 0.5) is 4.79 Å². The van der Waals surface area contributed by atoms with Crippen LogP contribution < -0.4 is 10.6 Å². The molecule has 2 atom stereocenters. The molecule has 1 aromatic heterocycles. The van der Waals surface area contributed by atoms with E-state index in [-0.39, 0.29) is 12.1 Å². The smallest absolute Gasteiger partial charge is 0.315 e. The highest BCUT2D eigenvalue weighted by Crippen LogP contribution is 2.19. The maximum Gasteiger partial charge on any atom is 0.315 e. The summed E-state index contributed by atoms with van der Waals surface area (Å²) in [7, 11) is 0. The van der Waals surface area contributed by atoms with Crippen LogP contribution >= 0.6 is 0 Å². The van der Waals surface area contributed by atoms with Crippen molar-refractivity contribution in [1.29, 1.82) is 0 Å². The monoisotopic (exact) mass is 342 g/mol. The quantitative estimate of drug-likeness (QED) is 0.876. The van der Waals surface area contributed by atoms with Gasteiger partial charge in [0.15, 0.2) is 0 Å². The average molecular weight is 342 g/mol. The minimum Gasteiger partial charge on any atom is -0.444 e. The molecule has 134 valence electrons. The van der Waals surface area contributed by atoms with Crippen molar-refractivity contribution < 1.29 is 9.21 Å². The predicted molar refractivity (Wildman–Crippen MR) is 96.0 cm³/mol. The van der Waals surface area contributed by atoms with Crippen molar-refractivity contribution in [3.63, 3.8) is 0 Å². The summed E-state index contributed by atoms with van der Waals surface area (Å²) in [6.07, 6.45) is 0. The highest BCUT2D eigenvalue weighted by Gasteiger charge is 2.30. The maximum atomic E-state index is 12.2. The molecule has 1 fully saturated rings. The zero-order valence-corrected chi connectivity index (χ0v) is 15.1. The third-order valence-electron chi connectivity index (χ3n) is 4.73. The standard InChI is InChI=1S/C19H26N4O2/c1-13-10-23(11-16-7-5-4-6-8-16)12-17(13)22-19(24)20-9-18-21-14(2)15(3)25-18/h4-8,13,17H,9-12H2,1-3H3,(H2,20,22,24)/t13-,17+/m1/s1. The topological polar surface area (TPSA) is 70.4 Å². The molecular formula is C19H26N4O2. The minimum atomic E-state index is -0.174. The first-order chi connectivity index (χ1) is 12.0. The summed E-state index contributed by atoms with van der Waals surface area (Å²) in [5, 5.41) is 5.90. The van der Waals surface area contributed by atoms with Gasteiger partial charge in [-0.15, -0.1) is 0 Å². The van der Waals surface area contributed by atoms with E-state index in [2.05, 4.69) is 51.7 Å². The van der Waals surface area contributed by atoms with Gasteiger partial charge in [0.25, 0.3) is 0 Å². The van der Waals surface area contributed by atoms with Crippen LogP contribution in [-0.4, -0.2) is 35.0 Å². The molecular weight excluding hydrogens is 316 g/mol. The van der Waals surface area contributed by atoms with E-state index in [1.807, 2.05) is 19.9 Å². The van der Waals surface area contributed by atoms with Crippen molar-refractivity contribution in [2.24, 2.45) is 5.92 Å². The highest BCUT2D eigenvalue weighted by atomic mass is 16.4. The Balaban J connectivity index is 1.46. The number of carbonyl (C=O) groups is 1. The van der Waals surface area contributed by atoms with Gasteiger partial charge < -0.3 is 15.1 Å². The van der Waals surface area contributed by atoms with Crippen LogP contribution in [0.2, 0.25) is 0 Å². The summed E-state index contributed by atoms with van der Waals surface area (Å²) in [5.74, 6) is 1.74. The molecule has 0 unspecified atom stereocenters. The third kappa shape index (κ3) is 4.60. The van der Waals surface area contributed by atoms with Crippen molar-refractivity contribution in [2.45, 2.75) is 39.9 Å². The second-order valence-electron chi connectivity index (χ2n) is 6.84. The molecule has 0 bridgehead atoms. The van der Waals surface area contributed by atoms with E-state index < -0.39 is 0 Å². The molecule has 2 aromatic rings. The lowest BCUT2D eigenvalue weighted by Crippen LogP contribution is -2.45. The SMILES string of the molecule is Cc1nc(CNC(=O)N[C@H]2CN(Cc3ccccc3)C[C@H]2C)oc1C. The molecule has 1 saturated heterocycles. The van der Waals surface area contributed by atoms with Crippen molar-refractivity contribution in [3.8, 4) is 0 Å². The summed E-state index contributed by atoms with van der Waals surface area (Å²) in [6, 6.07) is 10.4. The van der Waals surface area contributed by atoms with Crippen molar-refractivity contribution >= 4 is 6.03 Å². The number of hydrogen-bond donors (Lipinski definition) is 2. The number of amides is 2. The van der Waals surface area contributed by atoms with E-state index in [0.717, 1.165) is 31.1 Å². The lowest BCUT2D eigenvalue weighted by atomic mass is 10.1. The maximum absolute atomic E-state index is 12.2. The summed E-state index contributed by atoms with van der Waals surface area (Å²) in [5.41, 5.74) is 2.16. The Hall–Kier alpha value is -2.34. The second kappa shape index (κ2) is 7.70. The molecule has 0 saturated carbocycles. The molecule has 3 rings (SSSR count). The number of oxazole rings is 1. The van der Waals surface area contributed by atoms with Crippen LogP contribution in [0.3, 0.4) is 0 Å². The van der Waals surface area contributed by atoms with E-state index in [1.165, 1.54) is 5.56 Å². The van der Waals surface area contributed by atoms with Crippen LogP contribution in [0, 0.1) is 19.8 Å². The van der Waals surface area contributed by atoms with Crippen molar-refractivity contribution in [2.75, 3.05) is 13.1 Å². The Kier molecular flexibility index (Phi) is 5.38. The Morgan fingerprint density at radius 2 is 2.04 bits per heavy atom. The molecule has 6 heteroatoms. The van der Waals surface area contributed by atoms with Crippen LogP contribution in [0.5, 0.6) is 0 Å². The number of hydrogen-bond acceptors (Lipinski definition) is 4. The lowest BCUT2D eigenvalue weighted by Gasteiger charge is -2.17. The van der Waals surface area contributed by atoms with Crippen molar-refractivity contribution in [3.05, 3.63) is 53.2 Å². The highest BCUT2D eigenvalue weighted by molar-refractivity contribution is 5.74. The molecule has 2 N–H and O–H groups in total. The van der Waals surface area contributed by atoms with E-state index >= 15 is 0 Å². The van der Waals surface area contributed by atoms with Gasteiger partial charge in [-0.1, -0.05) is 37.3 Å². The van der Waals surface area contributed by atoms with Crippen LogP contribution in [-0.2, 0) is 13.1 Å². The molecule has 25 heavy (non-hydrogen) atoms. The number of likely N-dealkylation sites (tertiary alicyclic amines) is 1. The predicted octanol–water partition coefficient (Wildman–Crippen LogP) is 2.61. The largest absolute Gasteiger partial charge is 0.444 e. The fourth-order valence-electron chi connectivity index (χ4n) is 3.22. The Morgan fingerprint density at radius 3 is 2.72 bits per heavy atom. The van der Waals surface area contributed by atoms with Gasteiger partial charge in [0, 0.05) is 25.7 Å². The van der Waals surface area contributed by atoms with Gasteiger partial charge in [0.05, 0.1) is 12.2 Å². The normalized spacial score (nSPS) is 20.6. The van der Waals surface area contributed by atoms with Gasteiger partial charge in [0.2, 0.25) is 5.89 Å². The van der Waals surface area contributed by atoms with Crippen LogP contribution in [0.25, 0.3) is 0 Å². The van der Waals surface area contributed by atoms with Gasteiger partial charge in [-0.3, -0.25) is 4.90 Å². The molecule has 2 amide bonds. The first-order valence-electron chi connectivity index (χ1n) is 8.75. The molecule has 0 aliphatic carbocycles. The second-order valence-corrected chi connectivity index (χ2v) is 6.84. The molecule has 0 spiro atoms. The zero-order chi connectivity index (χ0) is 17.8. The zero-order valence-electron chi connectivity index (χ0n) is 15.1. The molecule has 1 aromatic carbocycles. The number of carbonyl (C=O) groups excluding carboxylic acids is 1. The lowest BCUT2D eigenvalue weighted by molar-refractivity contribution is 0.233. The molecule has 6 nitrogen and oxygen atoms in total. The Labute approximate surface area is 148 Å². The number of nitrogens with one attached hydrogen (secondary N) is 2. The number of aryl methyl sites for hydroxylation is 2. The van der Waals surface area contributed by atoms with Crippen molar-refractivity contribution in [1.82, 2.24) is 20.5 Å². The summed E-state index contributed by atoms with van der Waals surface area (Å²) in [6.45, 7) is 9.00. The van der Waals surface area contributed by atoms with E-state index in [1.54, 1.807) is 0 Å². The molecule has 2 heterocycles. The summed E-state index contributed by atoms with van der Waals surface area (Å²) < 4.78 is 5.48. The summed E-state index contributed by atoms with van der Waals surface area (Å²) in [4.78, 5) is 18.8. The fourth-order valence-corrected chi connectivity index (χ4v) is 3.22. The Bertz CT molecular complexity index is 694. The first-order valence-corrected chi connectivity index (χ1v) is 8.75. The minimum absolute atomic E-state index is 0.150. The van der Waals surface area contributed by atoms with E-state index in [9.17, 15) is 4.79 Å². The van der Waals surface area contributed by atoms with Crippen LogP contribution in [0.1, 0.15) is 29.8 Å². The number of urea groups is 1. The van der Waals surface area contributed by atoms with Gasteiger partial charge in [0.1, 0.15) is 5.76 Å². The average Bonchev–Trinajstić information content (AvgIpc) is 3.08. The first kappa shape index (κ1) is 17.5. The summed E-state index contributed by atoms with van der Waals surface area (Å²) >= 11 is 0. The van der Waals surface area contributed by atoms with E-state index in [4.69, 9.17) is 4.42 Å². The van der Waals surface area contributed by atoms with Gasteiger partial charge in [-0.05, 0) is 25.3 Å². The number of rotatable bonds is 5. The number of nitrogens with zero attached hydrogens (tertiary/aromatic N) is 2. The Morgan fingerprint density at radius 1 is 1.28 bits per heavy atom. The van der Waals surface area contributed by atoms with Gasteiger partial charge in [-0.2, -0.15) is 0 Å². The molecule has 0 radical (unpaired) electrons. The molecule has 1 aliphatic rings. The third-order valence-corrected chi connectivity index (χ3v) is 4.73. The number of aromatic nitrogens is 1. The molecule has 1 aliphatic heterocycles. The van der Waals surface area contributed by atoms with Crippen LogP contribution in [0.15, 0.2) is 34.7 Å².